The van der Waals surface area contributed by atoms with Gasteiger partial charge in [-0.3, -0.25) is 4.90 Å². The SMILES string of the molecule is Cc1nnc(CN2CCC(COc3ccccn3)CC2)n1C. The Morgan fingerprint density at radius 3 is 2.68 bits per heavy atom. The zero-order valence-electron chi connectivity index (χ0n) is 13.3. The summed E-state index contributed by atoms with van der Waals surface area (Å²) in [6, 6.07) is 5.76. The van der Waals surface area contributed by atoms with E-state index in [0.717, 1.165) is 56.6 Å². The van der Waals surface area contributed by atoms with Gasteiger partial charge in [-0.1, -0.05) is 6.07 Å². The van der Waals surface area contributed by atoms with Gasteiger partial charge in [0.2, 0.25) is 5.88 Å². The molecule has 1 aliphatic rings. The van der Waals surface area contributed by atoms with Crippen LogP contribution >= 0.6 is 0 Å². The minimum absolute atomic E-state index is 0.611. The number of hydrogen-bond acceptors (Lipinski definition) is 5. The van der Waals surface area contributed by atoms with Crippen molar-refractivity contribution in [2.75, 3.05) is 19.7 Å². The van der Waals surface area contributed by atoms with Crippen molar-refractivity contribution in [1.82, 2.24) is 24.6 Å². The monoisotopic (exact) mass is 301 g/mol. The van der Waals surface area contributed by atoms with Crippen LogP contribution in [0.2, 0.25) is 0 Å². The maximum absolute atomic E-state index is 5.77. The third-order valence-corrected chi connectivity index (χ3v) is 4.36. The van der Waals surface area contributed by atoms with Gasteiger partial charge in [0.05, 0.1) is 13.2 Å². The van der Waals surface area contributed by atoms with Crippen molar-refractivity contribution in [3.63, 3.8) is 0 Å². The fourth-order valence-electron chi connectivity index (χ4n) is 2.74. The zero-order valence-corrected chi connectivity index (χ0v) is 13.3. The first kappa shape index (κ1) is 15.0. The van der Waals surface area contributed by atoms with E-state index >= 15 is 0 Å². The van der Waals surface area contributed by atoms with Gasteiger partial charge in [0.1, 0.15) is 11.6 Å². The number of ether oxygens (including phenoxy) is 1. The van der Waals surface area contributed by atoms with Gasteiger partial charge in [-0.25, -0.2) is 4.98 Å². The molecule has 118 valence electrons. The number of pyridine rings is 1. The Bertz CT molecular complexity index is 590. The van der Waals surface area contributed by atoms with E-state index < -0.39 is 0 Å². The van der Waals surface area contributed by atoms with Crippen LogP contribution in [0.25, 0.3) is 0 Å². The number of aromatic nitrogens is 4. The van der Waals surface area contributed by atoms with Crippen molar-refractivity contribution < 1.29 is 4.74 Å². The van der Waals surface area contributed by atoms with E-state index in [9.17, 15) is 0 Å². The Labute approximate surface area is 131 Å². The maximum Gasteiger partial charge on any atom is 0.213 e. The van der Waals surface area contributed by atoms with Gasteiger partial charge in [-0.15, -0.1) is 10.2 Å². The molecule has 6 nitrogen and oxygen atoms in total. The summed E-state index contributed by atoms with van der Waals surface area (Å²) in [4.78, 5) is 6.64. The molecule has 1 saturated heterocycles. The molecule has 3 heterocycles. The van der Waals surface area contributed by atoms with Gasteiger partial charge < -0.3 is 9.30 Å². The van der Waals surface area contributed by atoms with E-state index in [0.29, 0.717) is 5.92 Å². The normalized spacial score (nSPS) is 16.8. The Balaban J connectivity index is 1.43. The summed E-state index contributed by atoms with van der Waals surface area (Å²) in [5.74, 6) is 3.34. The smallest absolute Gasteiger partial charge is 0.213 e. The molecule has 0 spiro atoms. The lowest BCUT2D eigenvalue weighted by atomic mass is 9.98. The lowest BCUT2D eigenvalue weighted by Gasteiger charge is -2.31. The van der Waals surface area contributed by atoms with Gasteiger partial charge >= 0.3 is 0 Å². The minimum Gasteiger partial charge on any atom is -0.477 e. The lowest BCUT2D eigenvalue weighted by molar-refractivity contribution is 0.132. The second-order valence-electron chi connectivity index (χ2n) is 5.92. The van der Waals surface area contributed by atoms with Gasteiger partial charge in [0.15, 0.2) is 0 Å². The molecule has 0 unspecified atom stereocenters. The molecule has 6 heteroatoms. The van der Waals surface area contributed by atoms with Gasteiger partial charge in [-0.2, -0.15) is 0 Å². The van der Waals surface area contributed by atoms with Crippen molar-refractivity contribution in [3.8, 4) is 5.88 Å². The largest absolute Gasteiger partial charge is 0.477 e. The lowest BCUT2D eigenvalue weighted by Crippen LogP contribution is -2.35. The Morgan fingerprint density at radius 2 is 2.05 bits per heavy atom. The highest BCUT2D eigenvalue weighted by Gasteiger charge is 2.21. The molecule has 2 aromatic rings. The first-order valence-electron chi connectivity index (χ1n) is 7.83. The number of rotatable bonds is 5. The van der Waals surface area contributed by atoms with Crippen LogP contribution in [-0.2, 0) is 13.6 Å². The molecule has 2 aromatic heterocycles. The molecule has 0 aromatic carbocycles. The molecule has 0 aliphatic carbocycles. The van der Waals surface area contributed by atoms with Crippen LogP contribution in [0.15, 0.2) is 24.4 Å². The first-order chi connectivity index (χ1) is 10.7. The Kier molecular flexibility index (Phi) is 4.68. The first-order valence-corrected chi connectivity index (χ1v) is 7.83. The molecule has 0 atom stereocenters. The predicted molar refractivity (Wildman–Crippen MR) is 83.5 cm³/mol. The molecular weight excluding hydrogens is 278 g/mol. The third-order valence-electron chi connectivity index (χ3n) is 4.36. The second-order valence-corrected chi connectivity index (χ2v) is 5.92. The van der Waals surface area contributed by atoms with Crippen LogP contribution in [0.1, 0.15) is 24.5 Å². The van der Waals surface area contributed by atoms with Gasteiger partial charge in [-0.05, 0) is 44.8 Å². The number of piperidine rings is 1. The van der Waals surface area contributed by atoms with Crippen molar-refractivity contribution in [2.24, 2.45) is 13.0 Å². The van der Waals surface area contributed by atoms with Gasteiger partial charge in [0, 0.05) is 19.3 Å². The summed E-state index contributed by atoms with van der Waals surface area (Å²) < 4.78 is 7.83. The van der Waals surface area contributed by atoms with E-state index in [1.807, 2.05) is 32.2 Å². The van der Waals surface area contributed by atoms with Crippen molar-refractivity contribution in [2.45, 2.75) is 26.3 Å². The number of aryl methyl sites for hydroxylation is 1. The maximum atomic E-state index is 5.77. The molecule has 0 amide bonds. The van der Waals surface area contributed by atoms with E-state index in [1.54, 1.807) is 6.20 Å². The number of hydrogen-bond donors (Lipinski definition) is 0. The molecule has 22 heavy (non-hydrogen) atoms. The Morgan fingerprint density at radius 1 is 1.23 bits per heavy atom. The van der Waals surface area contributed by atoms with Crippen LogP contribution < -0.4 is 4.74 Å². The van der Waals surface area contributed by atoms with Gasteiger partial charge in [0.25, 0.3) is 0 Å². The van der Waals surface area contributed by atoms with E-state index in [4.69, 9.17) is 4.74 Å². The summed E-state index contributed by atoms with van der Waals surface area (Å²) >= 11 is 0. The minimum atomic E-state index is 0.611. The second kappa shape index (κ2) is 6.87. The average Bonchev–Trinajstić information content (AvgIpc) is 2.87. The fraction of sp³-hybridized carbons (Fsp3) is 0.562. The number of likely N-dealkylation sites (tertiary alicyclic amines) is 1. The summed E-state index contributed by atoms with van der Waals surface area (Å²) in [6.45, 7) is 5.79. The standard InChI is InChI=1S/C16H23N5O/c1-13-18-19-15(20(13)2)11-21-9-6-14(7-10-21)12-22-16-5-3-4-8-17-16/h3-5,8,14H,6-7,9-12H2,1-2H3. The van der Waals surface area contributed by atoms with Crippen LogP contribution in [0, 0.1) is 12.8 Å². The van der Waals surface area contributed by atoms with Crippen molar-refractivity contribution in [3.05, 3.63) is 36.0 Å². The highest BCUT2D eigenvalue weighted by atomic mass is 16.5. The van der Waals surface area contributed by atoms with Crippen molar-refractivity contribution in [1.29, 1.82) is 0 Å². The molecule has 3 rings (SSSR count). The zero-order chi connectivity index (χ0) is 15.4. The fourth-order valence-corrected chi connectivity index (χ4v) is 2.74. The van der Waals surface area contributed by atoms with Crippen LogP contribution in [-0.4, -0.2) is 44.3 Å². The molecule has 1 aliphatic heterocycles. The number of nitrogens with zero attached hydrogens (tertiary/aromatic N) is 5. The van der Waals surface area contributed by atoms with Crippen molar-refractivity contribution >= 4 is 0 Å². The highest BCUT2D eigenvalue weighted by molar-refractivity contribution is 5.09. The molecule has 0 radical (unpaired) electrons. The Hall–Kier alpha value is -1.95. The van der Waals surface area contributed by atoms with Crippen LogP contribution in [0.4, 0.5) is 0 Å². The van der Waals surface area contributed by atoms with E-state index in [-0.39, 0.29) is 0 Å². The summed E-state index contributed by atoms with van der Waals surface area (Å²) in [5.41, 5.74) is 0. The molecule has 1 fully saturated rings. The molecule has 0 bridgehead atoms. The predicted octanol–water partition coefficient (Wildman–Crippen LogP) is 1.81. The summed E-state index contributed by atoms with van der Waals surface area (Å²) in [6.07, 6.45) is 4.08. The van der Waals surface area contributed by atoms with E-state index in [2.05, 4.69) is 24.6 Å². The summed E-state index contributed by atoms with van der Waals surface area (Å²) in [7, 11) is 2.03. The molecule has 0 saturated carbocycles. The summed E-state index contributed by atoms with van der Waals surface area (Å²) in [5, 5.41) is 8.36. The van der Waals surface area contributed by atoms with E-state index in [1.165, 1.54) is 0 Å². The topological polar surface area (TPSA) is 56.1 Å². The quantitative estimate of drug-likeness (QED) is 0.843. The van der Waals surface area contributed by atoms with Crippen LogP contribution in [0.5, 0.6) is 5.88 Å². The molecular formula is C16H23N5O. The van der Waals surface area contributed by atoms with Crippen LogP contribution in [0.3, 0.4) is 0 Å². The molecule has 0 N–H and O–H groups in total. The highest BCUT2D eigenvalue weighted by Crippen LogP contribution is 2.19. The third kappa shape index (κ3) is 3.62. The average molecular weight is 301 g/mol.